The van der Waals surface area contributed by atoms with Gasteiger partial charge in [0.25, 0.3) is 0 Å². The number of rotatable bonds is 1. The van der Waals surface area contributed by atoms with Crippen molar-refractivity contribution in [1.29, 1.82) is 0 Å². The number of fused-ring (bicyclic) bond motifs is 1. The van der Waals surface area contributed by atoms with Crippen LogP contribution in [0.3, 0.4) is 0 Å². The first-order valence-electron chi connectivity index (χ1n) is 7.21. The van der Waals surface area contributed by atoms with Gasteiger partial charge in [0, 0.05) is 24.7 Å². The second-order valence-corrected chi connectivity index (χ2v) is 6.52. The number of nitrogens with zero attached hydrogens (tertiary/aromatic N) is 2. The number of benzene rings is 1. The summed E-state index contributed by atoms with van der Waals surface area (Å²) < 4.78 is 2.32. The normalized spacial score (nSPS) is 15.3. The fraction of sp³-hybridized carbons (Fsp3) is 0.471. The molecule has 0 unspecified atom stereocenters. The molecule has 1 aliphatic rings. The zero-order valence-electron chi connectivity index (χ0n) is 12.1. The largest absolute Gasteiger partial charge is 0.334 e. The molecule has 0 atom stereocenters. The maximum absolute atomic E-state index is 4.78. The van der Waals surface area contributed by atoms with Gasteiger partial charge >= 0.3 is 0 Å². The molecule has 19 heavy (non-hydrogen) atoms. The second-order valence-electron chi connectivity index (χ2n) is 6.52. The van der Waals surface area contributed by atoms with Crippen LogP contribution in [0.2, 0.25) is 0 Å². The summed E-state index contributed by atoms with van der Waals surface area (Å²) in [5, 5.41) is 0. The minimum absolute atomic E-state index is 0.214. The molecule has 2 nitrogen and oxygen atoms in total. The summed E-state index contributed by atoms with van der Waals surface area (Å²) >= 11 is 0. The molecule has 2 heteroatoms. The predicted octanol–water partition coefficient (Wildman–Crippen LogP) is 4.18. The fourth-order valence-corrected chi connectivity index (χ4v) is 2.69. The van der Waals surface area contributed by atoms with Crippen molar-refractivity contribution in [3.63, 3.8) is 0 Å². The van der Waals surface area contributed by atoms with E-state index in [0.717, 1.165) is 18.7 Å². The fourth-order valence-electron chi connectivity index (χ4n) is 2.69. The van der Waals surface area contributed by atoms with Gasteiger partial charge in [0.15, 0.2) is 0 Å². The average Bonchev–Trinajstić information content (AvgIpc) is 2.81. The van der Waals surface area contributed by atoms with Crippen molar-refractivity contribution >= 4 is 0 Å². The second kappa shape index (κ2) is 4.52. The lowest BCUT2D eigenvalue weighted by molar-refractivity contribution is 0.522. The Labute approximate surface area is 115 Å². The molecule has 1 aliphatic heterocycles. The molecule has 1 aromatic heterocycles. The van der Waals surface area contributed by atoms with E-state index in [2.05, 4.69) is 55.8 Å². The smallest absolute Gasteiger partial charge is 0.109 e. The van der Waals surface area contributed by atoms with E-state index in [-0.39, 0.29) is 5.41 Å². The van der Waals surface area contributed by atoms with Crippen LogP contribution in [-0.4, -0.2) is 9.55 Å². The van der Waals surface area contributed by atoms with Gasteiger partial charge in [-0.2, -0.15) is 0 Å². The monoisotopic (exact) mass is 254 g/mol. The zero-order valence-corrected chi connectivity index (χ0v) is 12.1. The maximum Gasteiger partial charge on any atom is 0.109 e. The van der Waals surface area contributed by atoms with Crippen molar-refractivity contribution in [1.82, 2.24) is 9.55 Å². The first kappa shape index (κ1) is 12.5. The Kier molecular flexibility index (Phi) is 2.96. The highest BCUT2D eigenvalue weighted by atomic mass is 15.1. The third-order valence-electron chi connectivity index (χ3n) is 3.96. The van der Waals surface area contributed by atoms with Gasteiger partial charge in [-0.1, -0.05) is 45.0 Å². The molecule has 3 rings (SSSR count). The number of aryl methyl sites for hydroxylation is 2. The highest BCUT2D eigenvalue weighted by molar-refractivity contribution is 5.59. The Hall–Kier alpha value is -1.57. The van der Waals surface area contributed by atoms with Crippen LogP contribution in [0.25, 0.3) is 11.3 Å². The first-order valence-corrected chi connectivity index (χ1v) is 7.21. The van der Waals surface area contributed by atoms with E-state index in [1.807, 2.05) is 0 Å². The zero-order chi connectivity index (χ0) is 13.5. The van der Waals surface area contributed by atoms with Gasteiger partial charge in [-0.3, -0.25) is 0 Å². The van der Waals surface area contributed by atoms with E-state index in [1.54, 1.807) is 0 Å². The van der Waals surface area contributed by atoms with Crippen LogP contribution in [0.4, 0.5) is 0 Å². The molecule has 0 spiro atoms. The van der Waals surface area contributed by atoms with E-state index in [0.29, 0.717) is 0 Å². The van der Waals surface area contributed by atoms with Gasteiger partial charge in [-0.15, -0.1) is 0 Å². The minimum atomic E-state index is 0.214. The van der Waals surface area contributed by atoms with Crippen LogP contribution in [0.5, 0.6) is 0 Å². The predicted molar refractivity (Wildman–Crippen MR) is 79.3 cm³/mol. The van der Waals surface area contributed by atoms with Crippen LogP contribution in [-0.2, 0) is 18.4 Å². The van der Waals surface area contributed by atoms with E-state index in [4.69, 9.17) is 4.98 Å². The van der Waals surface area contributed by atoms with Crippen LogP contribution >= 0.6 is 0 Å². The van der Waals surface area contributed by atoms with E-state index in [9.17, 15) is 0 Å². The molecule has 0 aliphatic carbocycles. The van der Waals surface area contributed by atoms with Gasteiger partial charge in [0.1, 0.15) is 5.82 Å². The molecule has 2 heterocycles. The molecule has 0 N–H and O–H groups in total. The van der Waals surface area contributed by atoms with Crippen LogP contribution in [0, 0.1) is 0 Å². The van der Waals surface area contributed by atoms with Crippen molar-refractivity contribution in [3.05, 3.63) is 41.9 Å². The van der Waals surface area contributed by atoms with Crippen LogP contribution < -0.4 is 0 Å². The Balaban J connectivity index is 1.92. The first-order chi connectivity index (χ1) is 9.04. The maximum atomic E-state index is 4.78. The van der Waals surface area contributed by atoms with Gasteiger partial charge in [0.2, 0.25) is 0 Å². The van der Waals surface area contributed by atoms with Crippen molar-refractivity contribution in [2.75, 3.05) is 0 Å². The Bertz CT molecular complexity index is 547. The topological polar surface area (TPSA) is 17.8 Å². The molecular weight excluding hydrogens is 232 g/mol. The summed E-state index contributed by atoms with van der Waals surface area (Å²) in [6.45, 7) is 7.87. The average molecular weight is 254 g/mol. The van der Waals surface area contributed by atoms with Crippen LogP contribution in [0.15, 0.2) is 30.5 Å². The SMILES string of the molecule is CC(C)(C)c1ccc(-c2cn3c(n2)CCCC3)cc1. The lowest BCUT2D eigenvalue weighted by atomic mass is 9.86. The lowest BCUT2D eigenvalue weighted by Crippen LogP contribution is -2.10. The van der Waals surface area contributed by atoms with E-state index >= 15 is 0 Å². The number of imidazole rings is 1. The van der Waals surface area contributed by atoms with Crippen LogP contribution in [0.1, 0.15) is 45.0 Å². The molecule has 0 saturated carbocycles. The van der Waals surface area contributed by atoms with Crippen molar-refractivity contribution in [2.45, 2.75) is 52.0 Å². The quantitative estimate of drug-likeness (QED) is 0.746. The summed E-state index contributed by atoms with van der Waals surface area (Å²) in [5.74, 6) is 1.25. The molecular formula is C17H22N2. The lowest BCUT2D eigenvalue weighted by Gasteiger charge is -2.18. The Morgan fingerprint density at radius 1 is 1.05 bits per heavy atom. The third kappa shape index (κ3) is 2.44. The molecule has 0 saturated heterocycles. The minimum Gasteiger partial charge on any atom is -0.334 e. The summed E-state index contributed by atoms with van der Waals surface area (Å²) in [6.07, 6.45) is 5.89. The van der Waals surface area contributed by atoms with E-state index < -0.39 is 0 Å². The van der Waals surface area contributed by atoms with Gasteiger partial charge in [0.05, 0.1) is 5.69 Å². The molecule has 1 aromatic carbocycles. The molecule has 2 aromatic rings. The molecule has 0 amide bonds. The van der Waals surface area contributed by atoms with E-state index in [1.165, 1.54) is 29.8 Å². The highest BCUT2D eigenvalue weighted by Gasteiger charge is 2.15. The Morgan fingerprint density at radius 2 is 1.79 bits per heavy atom. The standard InChI is InChI=1S/C17H22N2/c1-17(2,3)14-9-7-13(8-10-14)15-12-19-11-5-4-6-16(19)18-15/h7-10,12H,4-6,11H2,1-3H3. The molecule has 0 bridgehead atoms. The molecule has 0 radical (unpaired) electrons. The summed E-state index contributed by atoms with van der Waals surface area (Å²) in [6, 6.07) is 8.87. The summed E-state index contributed by atoms with van der Waals surface area (Å²) in [5.41, 5.74) is 3.94. The van der Waals surface area contributed by atoms with Gasteiger partial charge in [-0.05, 0) is 23.8 Å². The van der Waals surface area contributed by atoms with Gasteiger partial charge < -0.3 is 4.57 Å². The summed E-state index contributed by atoms with van der Waals surface area (Å²) in [4.78, 5) is 4.78. The Morgan fingerprint density at radius 3 is 2.42 bits per heavy atom. The van der Waals surface area contributed by atoms with Crippen molar-refractivity contribution < 1.29 is 0 Å². The van der Waals surface area contributed by atoms with Gasteiger partial charge in [-0.25, -0.2) is 4.98 Å². The number of hydrogen-bond donors (Lipinski definition) is 0. The van der Waals surface area contributed by atoms with Crippen molar-refractivity contribution in [2.24, 2.45) is 0 Å². The third-order valence-corrected chi connectivity index (χ3v) is 3.96. The molecule has 0 fully saturated rings. The van der Waals surface area contributed by atoms with Crippen molar-refractivity contribution in [3.8, 4) is 11.3 Å². The number of hydrogen-bond acceptors (Lipinski definition) is 1. The number of aromatic nitrogens is 2. The molecule has 100 valence electrons. The summed E-state index contributed by atoms with van der Waals surface area (Å²) in [7, 11) is 0. The highest BCUT2D eigenvalue weighted by Crippen LogP contribution is 2.26.